The van der Waals surface area contributed by atoms with Crippen LogP contribution in [0.15, 0.2) is 35.4 Å². The Balaban J connectivity index is 3.09. The Hall–Kier alpha value is -2.57. The van der Waals surface area contributed by atoms with Crippen molar-refractivity contribution in [1.82, 2.24) is 5.32 Å². The highest BCUT2D eigenvalue weighted by atomic mass is 16.6. The average Bonchev–Trinajstić information content (AvgIpc) is 2.58. The fourth-order valence-corrected chi connectivity index (χ4v) is 2.37. The van der Waals surface area contributed by atoms with E-state index in [1.807, 2.05) is 30.3 Å². The van der Waals surface area contributed by atoms with E-state index in [-0.39, 0.29) is 13.0 Å². The normalized spacial score (nSPS) is 13.9. The van der Waals surface area contributed by atoms with Gasteiger partial charge in [0.25, 0.3) is 0 Å². The third kappa shape index (κ3) is 7.29. The quantitative estimate of drug-likeness (QED) is 0.313. The predicted molar refractivity (Wildman–Crippen MR) is 102 cm³/mol. The Morgan fingerprint density at radius 1 is 1.22 bits per heavy atom. The van der Waals surface area contributed by atoms with Crippen molar-refractivity contribution in [1.29, 1.82) is 0 Å². The highest BCUT2D eigenvalue weighted by molar-refractivity contribution is 5.88. The van der Waals surface area contributed by atoms with E-state index >= 15 is 0 Å². The van der Waals surface area contributed by atoms with Crippen LogP contribution in [-0.4, -0.2) is 41.3 Å². The molecule has 8 heteroatoms. The average molecular weight is 376 g/mol. The molecule has 0 aliphatic carbocycles. The maximum atomic E-state index is 12.7. The van der Waals surface area contributed by atoms with E-state index in [2.05, 4.69) is 15.3 Å². The van der Waals surface area contributed by atoms with Crippen LogP contribution in [0.2, 0.25) is 0 Å². The number of aliphatic hydroxyl groups excluding tert-OH is 1. The first-order valence-corrected chi connectivity index (χ1v) is 8.72. The number of aliphatic hydroxyl groups is 1. The summed E-state index contributed by atoms with van der Waals surface area (Å²) in [7, 11) is 0. The lowest BCUT2D eigenvalue weighted by Gasteiger charge is -2.30. The number of hydrogen-bond acceptors (Lipinski definition) is 5. The molecule has 0 heterocycles. The largest absolute Gasteiger partial charge is 0.458 e. The van der Waals surface area contributed by atoms with Crippen molar-refractivity contribution >= 4 is 11.9 Å². The van der Waals surface area contributed by atoms with Gasteiger partial charge in [-0.1, -0.05) is 49.3 Å². The molecule has 0 aliphatic heterocycles. The molecule has 1 aromatic carbocycles. The minimum absolute atomic E-state index is 0.226. The molecule has 0 unspecified atom stereocenters. The molecule has 8 nitrogen and oxygen atoms in total. The molecular weight excluding hydrogens is 348 g/mol. The van der Waals surface area contributed by atoms with Crippen LogP contribution < -0.4 is 5.32 Å². The summed E-state index contributed by atoms with van der Waals surface area (Å²) in [5.41, 5.74) is 7.92. The first-order valence-electron chi connectivity index (χ1n) is 8.72. The second kappa shape index (κ2) is 9.39. The summed E-state index contributed by atoms with van der Waals surface area (Å²) in [5, 5.41) is 15.7. The van der Waals surface area contributed by atoms with Gasteiger partial charge in [0.05, 0.1) is 0 Å². The van der Waals surface area contributed by atoms with Gasteiger partial charge in [0.15, 0.2) is 0 Å². The molecule has 1 aromatic rings. The molecule has 27 heavy (non-hydrogen) atoms. The number of nitrogens with one attached hydrogen (secondary N) is 1. The molecule has 0 radical (unpaired) electrons. The number of azide groups is 1. The van der Waals surface area contributed by atoms with Crippen molar-refractivity contribution in [2.45, 2.75) is 58.7 Å². The molecule has 0 spiro atoms. The summed E-state index contributed by atoms with van der Waals surface area (Å²) in [6, 6.07) is 7.07. The van der Waals surface area contributed by atoms with Crippen LogP contribution in [0, 0.1) is 5.41 Å². The first kappa shape index (κ1) is 22.5. The number of benzene rings is 1. The molecule has 0 saturated heterocycles. The number of carbonyl (C=O) groups is 2. The van der Waals surface area contributed by atoms with Crippen LogP contribution >= 0.6 is 0 Å². The lowest BCUT2D eigenvalue weighted by molar-refractivity contribution is -0.158. The topological polar surface area (TPSA) is 124 Å². The fraction of sp³-hybridized carbons (Fsp3) is 0.579. The summed E-state index contributed by atoms with van der Waals surface area (Å²) < 4.78 is 5.42. The fourth-order valence-electron chi connectivity index (χ4n) is 2.37. The minimum atomic E-state index is -1.17. The van der Waals surface area contributed by atoms with Crippen molar-refractivity contribution < 1.29 is 19.4 Å². The van der Waals surface area contributed by atoms with Gasteiger partial charge in [0.2, 0.25) is 5.91 Å². The van der Waals surface area contributed by atoms with Gasteiger partial charge in [-0.15, -0.1) is 0 Å². The Morgan fingerprint density at radius 3 is 2.30 bits per heavy atom. The Labute approximate surface area is 159 Å². The van der Waals surface area contributed by atoms with E-state index in [1.165, 1.54) is 0 Å². The van der Waals surface area contributed by atoms with Crippen LogP contribution in [0.4, 0.5) is 0 Å². The number of esters is 1. The smallest absolute Gasteiger partial charge is 0.329 e. The van der Waals surface area contributed by atoms with Crippen LogP contribution in [0.25, 0.3) is 10.4 Å². The minimum Gasteiger partial charge on any atom is -0.458 e. The maximum Gasteiger partial charge on any atom is 0.329 e. The standard InChI is InChI=1S/C19H28N4O4/c1-18(2,3)27-17(26)14(11-13-9-7-6-8-10-13)21-16(25)15(22-23-20)19(4,5)12-24/h6-10,14-15,24H,11-12H2,1-5H3,(H,21,25)/t14-,15+/m0/s1. The molecule has 0 fully saturated rings. The molecule has 0 aromatic heterocycles. The number of amides is 1. The van der Waals surface area contributed by atoms with E-state index in [0.29, 0.717) is 0 Å². The van der Waals surface area contributed by atoms with Crippen LogP contribution in [0.3, 0.4) is 0 Å². The van der Waals surface area contributed by atoms with Gasteiger partial charge in [-0.25, -0.2) is 4.79 Å². The Kier molecular flexibility index (Phi) is 7.82. The molecular formula is C19H28N4O4. The summed E-state index contributed by atoms with van der Waals surface area (Å²) in [5.74, 6) is -1.22. The molecule has 0 bridgehead atoms. The second-order valence-corrected chi connectivity index (χ2v) is 8.04. The van der Waals surface area contributed by atoms with Crippen molar-refractivity contribution in [3.8, 4) is 0 Å². The van der Waals surface area contributed by atoms with Crippen LogP contribution in [0.1, 0.15) is 40.2 Å². The molecule has 2 N–H and O–H groups in total. The van der Waals surface area contributed by atoms with Gasteiger partial charge in [-0.05, 0) is 31.9 Å². The molecule has 1 amide bonds. The monoisotopic (exact) mass is 376 g/mol. The number of carbonyl (C=O) groups excluding carboxylic acids is 2. The van der Waals surface area contributed by atoms with Crippen molar-refractivity contribution in [3.05, 3.63) is 46.3 Å². The Morgan fingerprint density at radius 2 is 1.81 bits per heavy atom. The molecule has 0 saturated carbocycles. The number of nitrogens with zero attached hydrogens (tertiary/aromatic N) is 3. The number of hydrogen-bond donors (Lipinski definition) is 2. The zero-order chi connectivity index (χ0) is 20.7. The molecule has 0 aliphatic rings. The van der Waals surface area contributed by atoms with Crippen molar-refractivity contribution in [2.75, 3.05) is 6.61 Å². The van der Waals surface area contributed by atoms with Crippen LogP contribution in [-0.2, 0) is 20.7 Å². The molecule has 148 valence electrons. The van der Waals surface area contributed by atoms with Gasteiger partial charge in [0.1, 0.15) is 17.7 Å². The zero-order valence-corrected chi connectivity index (χ0v) is 16.5. The van der Waals surface area contributed by atoms with E-state index < -0.39 is 35.0 Å². The number of rotatable bonds is 8. The first-order chi connectivity index (χ1) is 12.5. The predicted octanol–water partition coefficient (Wildman–Crippen LogP) is 2.75. The van der Waals surface area contributed by atoms with E-state index in [4.69, 9.17) is 10.3 Å². The SMILES string of the molecule is CC(C)(C)OC(=O)[C@H](Cc1ccccc1)NC(=O)[C@@H](N=[N+]=[N-])C(C)(C)CO. The van der Waals surface area contributed by atoms with E-state index in [9.17, 15) is 14.7 Å². The second-order valence-electron chi connectivity index (χ2n) is 8.04. The summed E-state index contributed by atoms with van der Waals surface area (Å²) in [4.78, 5) is 28.0. The third-order valence-corrected chi connectivity index (χ3v) is 3.85. The van der Waals surface area contributed by atoms with Crippen molar-refractivity contribution in [2.24, 2.45) is 10.5 Å². The third-order valence-electron chi connectivity index (χ3n) is 3.85. The maximum absolute atomic E-state index is 12.7. The lowest BCUT2D eigenvalue weighted by Crippen LogP contribution is -2.52. The van der Waals surface area contributed by atoms with Gasteiger partial charge in [-0.2, -0.15) is 0 Å². The summed E-state index contributed by atoms with van der Waals surface area (Å²) in [6.45, 7) is 8.06. The van der Waals surface area contributed by atoms with E-state index in [0.717, 1.165) is 5.56 Å². The summed E-state index contributed by atoms with van der Waals surface area (Å²) >= 11 is 0. The van der Waals surface area contributed by atoms with Crippen molar-refractivity contribution in [3.63, 3.8) is 0 Å². The molecule has 1 rings (SSSR count). The van der Waals surface area contributed by atoms with Crippen LogP contribution in [0.5, 0.6) is 0 Å². The van der Waals surface area contributed by atoms with Gasteiger partial charge in [-0.3, -0.25) is 4.79 Å². The van der Waals surface area contributed by atoms with Gasteiger partial charge in [0, 0.05) is 23.4 Å². The number of ether oxygens (including phenoxy) is 1. The highest BCUT2D eigenvalue weighted by Gasteiger charge is 2.36. The van der Waals surface area contributed by atoms with E-state index in [1.54, 1.807) is 34.6 Å². The highest BCUT2D eigenvalue weighted by Crippen LogP contribution is 2.23. The molecule has 2 atom stereocenters. The lowest BCUT2D eigenvalue weighted by atomic mass is 9.85. The van der Waals surface area contributed by atoms with Gasteiger partial charge < -0.3 is 15.2 Å². The zero-order valence-electron chi connectivity index (χ0n) is 16.5. The summed E-state index contributed by atoms with van der Waals surface area (Å²) in [6.07, 6.45) is 0.226. The Bertz CT molecular complexity index is 691. The van der Waals surface area contributed by atoms with Gasteiger partial charge >= 0.3 is 5.97 Å².